The molecular weight excluding hydrogens is 423 g/mol. The lowest BCUT2D eigenvalue weighted by molar-refractivity contribution is -0.0395. The van der Waals surface area contributed by atoms with Gasteiger partial charge in [0.25, 0.3) is 5.91 Å². The zero-order valence-corrected chi connectivity index (χ0v) is 18.1. The number of aromatic nitrogens is 2. The molecule has 8 heteroatoms. The van der Waals surface area contributed by atoms with Gasteiger partial charge in [0, 0.05) is 43.2 Å². The van der Waals surface area contributed by atoms with E-state index >= 15 is 0 Å². The van der Waals surface area contributed by atoms with Gasteiger partial charge in [-0.25, -0.2) is 14.4 Å². The summed E-state index contributed by atoms with van der Waals surface area (Å²) in [4.78, 5) is 23.3. The molecule has 0 saturated carbocycles. The summed E-state index contributed by atoms with van der Waals surface area (Å²) in [6, 6.07) is 15.5. The van der Waals surface area contributed by atoms with Crippen LogP contribution in [0.1, 0.15) is 29.6 Å². The van der Waals surface area contributed by atoms with Gasteiger partial charge in [-0.05, 0) is 49.2 Å². The summed E-state index contributed by atoms with van der Waals surface area (Å²) in [5.74, 6) is 0.353. The molecule has 33 heavy (non-hydrogen) atoms. The third-order valence-corrected chi connectivity index (χ3v) is 6.20. The molecule has 5 rings (SSSR count). The largest absolute Gasteiger partial charge is 0.485 e. The first kappa shape index (κ1) is 21.3. The minimum absolute atomic E-state index is 0.0142. The molecule has 3 aromatic rings. The summed E-state index contributed by atoms with van der Waals surface area (Å²) in [7, 11) is 0. The Bertz CT molecular complexity index is 1120. The van der Waals surface area contributed by atoms with Crippen molar-refractivity contribution in [1.29, 1.82) is 0 Å². The maximum absolute atomic E-state index is 13.9. The van der Waals surface area contributed by atoms with Crippen LogP contribution in [0.3, 0.4) is 0 Å². The molecule has 0 bridgehead atoms. The van der Waals surface area contributed by atoms with Crippen molar-refractivity contribution in [2.45, 2.75) is 31.0 Å². The monoisotopic (exact) mass is 448 g/mol. The number of amides is 1. The average Bonchev–Trinajstić information content (AvgIpc) is 3.23. The van der Waals surface area contributed by atoms with E-state index in [1.54, 1.807) is 36.7 Å². The van der Waals surface area contributed by atoms with Crippen molar-refractivity contribution >= 4 is 17.5 Å². The van der Waals surface area contributed by atoms with Crippen LogP contribution in [0.5, 0.6) is 5.75 Å². The molecule has 2 aromatic carbocycles. The van der Waals surface area contributed by atoms with E-state index in [9.17, 15) is 9.18 Å². The fourth-order valence-electron chi connectivity index (χ4n) is 4.47. The maximum Gasteiger partial charge on any atom is 0.253 e. The number of hydrogen-bond donors (Lipinski definition) is 1. The number of nitrogens with zero attached hydrogens (tertiary/aromatic N) is 3. The highest BCUT2D eigenvalue weighted by Crippen LogP contribution is 2.38. The molecule has 2 aliphatic heterocycles. The van der Waals surface area contributed by atoms with E-state index in [1.807, 2.05) is 29.2 Å². The van der Waals surface area contributed by atoms with Crippen molar-refractivity contribution in [2.24, 2.45) is 0 Å². The minimum atomic E-state index is -0.366. The molecule has 170 valence electrons. The summed E-state index contributed by atoms with van der Waals surface area (Å²) in [6.45, 7) is 1.63. The number of anilines is 2. The fourth-order valence-corrected chi connectivity index (χ4v) is 4.47. The van der Waals surface area contributed by atoms with Gasteiger partial charge in [-0.1, -0.05) is 18.2 Å². The number of hydrogen-bond acceptors (Lipinski definition) is 6. The van der Waals surface area contributed by atoms with Gasteiger partial charge >= 0.3 is 0 Å². The molecule has 1 aromatic heterocycles. The third-order valence-electron chi connectivity index (χ3n) is 6.20. The van der Waals surface area contributed by atoms with Crippen LogP contribution >= 0.6 is 0 Å². The molecule has 1 unspecified atom stereocenters. The molecule has 0 radical (unpaired) electrons. The number of halogens is 1. The van der Waals surface area contributed by atoms with Crippen LogP contribution < -0.4 is 10.1 Å². The highest BCUT2D eigenvalue weighted by Gasteiger charge is 2.44. The summed E-state index contributed by atoms with van der Waals surface area (Å²) in [6.07, 6.45) is 5.28. The van der Waals surface area contributed by atoms with Crippen LogP contribution in [-0.4, -0.2) is 52.2 Å². The molecule has 2 saturated heterocycles. The van der Waals surface area contributed by atoms with Crippen LogP contribution in [0.4, 0.5) is 16.0 Å². The normalized spacial score (nSPS) is 19.4. The standard InChI is InChI=1S/C25H25FN4O3/c26-21-7-1-2-8-22(21)33-20-16-25(32-17-20)9-13-30(14-10-25)23(31)18-5-3-6-19(15-18)29-24-27-11-4-12-28-24/h1-8,11-12,15,20H,9-10,13-14,16-17H2,(H,27,28,29). The predicted octanol–water partition coefficient (Wildman–Crippen LogP) is 4.20. The Morgan fingerprint density at radius 2 is 1.88 bits per heavy atom. The van der Waals surface area contributed by atoms with Crippen molar-refractivity contribution in [1.82, 2.24) is 14.9 Å². The summed E-state index contributed by atoms with van der Waals surface area (Å²) in [5, 5.41) is 3.12. The number of carbonyl (C=O) groups excluding carboxylic acids is 1. The van der Waals surface area contributed by atoms with Gasteiger partial charge in [-0.15, -0.1) is 0 Å². The fraction of sp³-hybridized carbons (Fsp3) is 0.320. The van der Waals surface area contributed by atoms with Crippen molar-refractivity contribution < 1.29 is 18.7 Å². The van der Waals surface area contributed by atoms with Gasteiger partial charge in [-0.3, -0.25) is 4.79 Å². The zero-order valence-electron chi connectivity index (χ0n) is 18.1. The number of benzene rings is 2. The van der Waals surface area contributed by atoms with E-state index in [0.29, 0.717) is 37.6 Å². The Kier molecular flexibility index (Phi) is 5.92. The van der Waals surface area contributed by atoms with Crippen LogP contribution in [0.25, 0.3) is 0 Å². The quantitative estimate of drug-likeness (QED) is 0.630. The third kappa shape index (κ3) is 4.80. The summed E-state index contributed by atoms with van der Waals surface area (Å²) < 4.78 is 25.9. The lowest BCUT2D eigenvalue weighted by atomic mass is 9.87. The lowest BCUT2D eigenvalue weighted by Gasteiger charge is -2.38. The molecule has 1 amide bonds. The molecular formula is C25H25FN4O3. The van der Waals surface area contributed by atoms with Crippen LogP contribution in [-0.2, 0) is 4.74 Å². The molecule has 1 spiro atoms. The van der Waals surface area contributed by atoms with E-state index in [2.05, 4.69) is 15.3 Å². The summed E-state index contributed by atoms with van der Waals surface area (Å²) >= 11 is 0. The van der Waals surface area contributed by atoms with E-state index in [1.165, 1.54) is 6.07 Å². The highest BCUT2D eigenvalue weighted by molar-refractivity contribution is 5.95. The van der Waals surface area contributed by atoms with E-state index in [-0.39, 0.29) is 29.2 Å². The molecule has 0 aliphatic carbocycles. The first-order valence-electron chi connectivity index (χ1n) is 11.1. The van der Waals surface area contributed by atoms with Gasteiger partial charge in [-0.2, -0.15) is 0 Å². The molecule has 3 heterocycles. The topological polar surface area (TPSA) is 76.6 Å². The maximum atomic E-state index is 13.9. The van der Waals surface area contributed by atoms with Crippen molar-refractivity contribution in [2.75, 3.05) is 25.0 Å². The van der Waals surface area contributed by atoms with Gasteiger partial charge in [0.05, 0.1) is 12.2 Å². The Hall–Kier alpha value is -3.52. The van der Waals surface area contributed by atoms with Gasteiger partial charge in [0.1, 0.15) is 6.10 Å². The Balaban J connectivity index is 1.18. The van der Waals surface area contributed by atoms with Crippen LogP contribution in [0.2, 0.25) is 0 Å². The number of piperidine rings is 1. The van der Waals surface area contributed by atoms with Crippen LogP contribution in [0, 0.1) is 5.82 Å². The van der Waals surface area contributed by atoms with Crippen LogP contribution in [0.15, 0.2) is 67.0 Å². The molecule has 7 nitrogen and oxygen atoms in total. The molecule has 1 atom stereocenters. The van der Waals surface area contributed by atoms with E-state index < -0.39 is 0 Å². The van der Waals surface area contributed by atoms with E-state index in [0.717, 1.165) is 18.5 Å². The van der Waals surface area contributed by atoms with Gasteiger partial charge in [0.2, 0.25) is 5.95 Å². The summed E-state index contributed by atoms with van der Waals surface area (Å²) in [5.41, 5.74) is 1.05. The number of likely N-dealkylation sites (tertiary alicyclic amines) is 1. The first-order chi connectivity index (χ1) is 16.1. The Morgan fingerprint density at radius 3 is 2.67 bits per heavy atom. The SMILES string of the molecule is O=C(c1cccc(Nc2ncccn2)c1)N1CCC2(CC1)CC(Oc1ccccc1F)CO2. The number of para-hydroxylation sites is 1. The zero-order chi connectivity index (χ0) is 22.7. The lowest BCUT2D eigenvalue weighted by Crippen LogP contribution is -2.46. The Labute approximate surface area is 191 Å². The van der Waals surface area contributed by atoms with Crippen molar-refractivity contribution in [3.8, 4) is 5.75 Å². The number of ether oxygens (including phenoxy) is 2. The second-order valence-corrected chi connectivity index (χ2v) is 8.44. The molecule has 2 fully saturated rings. The molecule has 2 aliphatic rings. The minimum Gasteiger partial charge on any atom is -0.485 e. The first-order valence-corrected chi connectivity index (χ1v) is 11.1. The number of nitrogens with one attached hydrogen (secondary N) is 1. The van der Waals surface area contributed by atoms with Gasteiger partial charge < -0.3 is 19.7 Å². The molecule has 1 N–H and O–H groups in total. The van der Waals surface area contributed by atoms with Crippen molar-refractivity contribution in [3.05, 3.63) is 78.4 Å². The second kappa shape index (κ2) is 9.15. The average molecular weight is 448 g/mol. The smallest absolute Gasteiger partial charge is 0.253 e. The number of carbonyl (C=O) groups is 1. The predicted molar refractivity (Wildman–Crippen MR) is 121 cm³/mol. The van der Waals surface area contributed by atoms with Crippen molar-refractivity contribution in [3.63, 3.8) is 0 Å². The Morgan fingerprint density at radius 1 is 1.09 bits per heavy atom. The second-order valence-electron chi connectivity index (χ2n) is 8.44. The van der Waals surface area contributed by atoms with E-state index in [4.69, 9.17) is 9.47 Å². The van der Waals surface area contributed by atoms with Gasteiger partial charge in [0.15, 0.2) is 11.6 Å². The highest BCUT2D eigenvalue weighted by atomic mass is 19.1. The number of rotatable bonds is 5.